The first-order valence-corrected chi connectivity index (χ1v) is 8.21. The molecule has 0 aliphatic rings. The first kappa shape index (κ1) is 16.5. The van der Waals surface area contributed by atoms with Gasteiger partial charge in [-0.25, -0.2) is 5.43 Å². The van der Waals surface area contributed by atoms with Crippen LogP contribution in [0.4, 0.5) is 0 Å². The van der Waals surface area contributed by atoms with Gasteiger partial charge >= 0.3 is 0 Å². The number of benzene rings is 1. The second-order valence-corrected chi connectivity index (χ2v) is 6.99. The molecular formula is C15H19BrN2O2S. The van der Waals surface area contributed by atoms with Crippen molar-refractivity contribution in [3.05, 3.63) is 50.1 Å². The van der Waals surface area contributed by atoms with Crippen molar-refractivity contribution in [2.75, 3.05) is 20.3 Å². The van der Waals surface area contributed by atoms with Crippen molar-refractivity contribution in [3.8, 4) is 5.75 Å². The number of rotatable bonds is 7. The zero-order valence-electron chi connectivity index (χ0n) is 12.1. The number of nitrogens with two attached hydrogens (primary N) is 1. The van der Waals surface area contributed by atoms with Crippen LogP contribution in [-0.4, -0.2) is 20.3 Å². The maximum Gasteiger partial charge on any atom is 0.124 e. The summed E-state index contributed by atoms with van der Waals surface area (Å²) in [5, 5.41) is 0. The molecule has 1 aromatic heterocycles. The van der Waals surface area contributed by atoms with Crippen LogP contribution in [0.25, 0.3) is 0 Å². The van der Waals surface area contributed by atoms with E-state index in [2.05, 4.69) is 34.3 Å². The third-order valence-electron chi connectivity index (χ3n) is 3.10. The van der Waals surface area contributed by atoms with Gasteiger partial charge < -0.3 is 9.47 Å². The molecule has 0 saturated carbocycles. The number of halogens is 1. The summed E-state index contributed by atoms with van der Waals surface area (Å²) in [7, 11) is 1.66. The van der Waals surface area contributed by atoms with E-state index in [0.29, 0.717) is 13.2 Å². The molecule has 4 nitrogen and oxygen atoms in total. The fraction of sp³-hybridized carbons (Fsp3) is 0.333. The van der Waals surface area contributed by atoms with Gasteiger partial charge in [0.25, 0.3) is 0 Å². The van der Waals surface area contributed by atoms with Crippen molar-refractivity contribution >= 4 is 27.3 Å². The molecule has 3 N–H and O–H groups in total. The van der Waals surface area contributed by atoms with Gasteiger partial charge in [0, 0.05) is 17.6 Å². The van der Waals surface area contributed by atoms with Crippen molar-refractivity contribution in [1.82, 2.24) is 5.43 Å². The molecule has 0 spiro atoms. The number of methoxy groups -OCH3 is 1. The molecule has 6 heteroatoms. The summed E-state index contributed by atoms with van der Waals surface area (Å²) in [6.07, 6.45) is 0. The highest BCUT2D eigenvalue weighted by Gasteiger charge is 2.19. The van der Waals surface area contributed by atoms with Gasteiger partial charge in [-0.1, -0.05) is 18.2 Å². The highest BCUT2D eigenvalue weighted by atomic mass is 79.9. The van der Waals surface area contributed by atoms with E-state index in [1.165, 1.54) is 5.56 Å². The van der Waals surface area contributed by atoms with Crippen LogP contribution < -0.4 is 16.0 Å². The topological polar surface area (TPSA) is 56.5 Å². The van der Waals surface area contributed by atoms with Crippen LogP contribution in [0.1, 0.15) is 22.0 Å². The highest BCUT2D eigenvalue weighted by molar-refractivity contribution is 9.11. The highest BCUT2D eigenvalue weighted by Crippen LogP contribution is 2.36. The Balaban J connectivity index is 2.29. The Morgan fingerprint density at radius 3 is 2.71 bits per heavy atom. The predicted octanol–water partition coefficient (Wildman–Crippen LogP) is 3.40. The third-order valence-corrected chi connectivity index (χ3v) is 5.30. The molecule has 0 aliphatic heterocycles. The normalized spacial score (nSPS) is 12.4. The minimum atomic E-state index is -0.0984. The van der Waals surface area contributed by atoms with Gasteiger partial charge in [-0.3, -0.25) is 5.84 Å². The average molecular weight is 371 g/mol. The minimum Gasteiger partial charge on any atom is -0.491 e. The Morgan fingerprint density at radius 2 is 2.10 bits per heavy atom. The van der Waals surface area contributed by atoms with Gasteiger partial charge in [0.2, 0.25) is 0 Å². The van der Waals surface area contributed by atoms with Gasteiger partial charge in [-0.05, 0) is 40.5 Å². The number of aryl methyl sites for hydroxylation is 1. The maximum atomic E-state index is 5.79. The van der Waals surface area contributed by atoms with E-state index in [9.17, 15) is 0 Å². The molecule has 0 saturated heterocycles. The molecule has 0 radical (unpaired) electrons. The van der Waals surface area contributed by atoms with Crippen LogP contribution in [0.2, 0.25) is 0 Å². The summed E-state index contributed by atoms with van der Waals surface area (Å²) in [6, 6.07) is 9.94. The Kier molecular flexibility index (Phi) is 6.20. The molecule has 0 bridgehead atoms. The van der Waals surface area contributed by atoms with Gasteiger partial charge in [-0.2, -0.15) is 0 Å². The molecule has 2 aromatic rings. The van der Waals surface area contributed by atoms with Gasteiger partial charge in [0.05, 0.1) is 16.4 Å². The second kappa shape index (κ2) is 7.91. The van der Waals surface area contributed by atoms with Gasteiger partial charge in [0.15, 0.2) is 0 Å². The van der Waals surface area contributed by atoms with E-state index in [0.717, 1.165) is 20.0 Å². The third kappa shape index (κ3) is 4.05. The monoisotopic (exact) mass is 370 g/mol. The van der Waals surface area contributed by atoms with E-state index >= 15 is 0 Å². The first-order valence-electron chi connectivity index (χ1n) is 6.60. The van der Waals surface area contributed by atoms with E-state index in [1.54, 1.807) is 18.4 Å². The van der Waals surface area contributed by atoms with Crippen LogP contribution in [0.3, 0.4) is 0 Å². The lowest BCUT2D eigenvalue weighted by atomic mass is 10.0. The number of hydrogen-bond acceptors (Lipinski definition) is 5. The van der Waals surface area contributed by atoms with Crippen LogP contribution in [0.15, 0.2) is 34.1 Å². The van der Waals surface area contributed by atoms with E-state index < -0.39 is 0 Å². The fourth-order valence-electron chi connectivity index (χ4n) is 2.04. The summed E-state index contributed by atoms with van der Waals surface area (Å²) in [4.78, 5) is 1.14. The number of thiophene rings is 1. The molecular weight excluding hydrogens is 352 g/mol. The second-order valence-electron chi connectivity index (χ2n) is 4.58. The van der Waals surface area contributed by atoms with E-state index in [4.69, 9.17) is 15.3 Å². The largest absolute Gasteiger partial charge is 0.491 e. The van der Waals surface area contributed by atoms with Crippen LogP contribution in [-0.2, 0) is 4.74 Å². The van der Waals surface area contributed by atoms with Crippen LogP contribution >= 0.6 is 27.3 Å². The molecule has 21 heavy (non-hydrogen) atoms. The number of ether oxygens (including phenoxy) is 2. The molecule has 0 amide bonds. The molecule has 114 valence electrons. The molecule has 1 atom stereocenters. The molecule has 1 unspecified atom stereocenters. The molecule has 1 heterocycles. The van der Waals surface area contributed by atoms with Crippen molar-refractivity contribution in [2.24, 2.45) is 5.84 Å². The Morgan fingerprint density at radius 1 is 1.33 bits per heavy atom. The molecule has 0 fully saturated rings. The Hall–Kier alpha value is -0.920. The zero-order chi connectivity index (χ0) is 15.2. The molecule has 1 aromatic carbocycles. The summed E-state index contributed by atoms with van der Waals surface area (Å²) in [5.74, 6) is 6.60. The van der Waals surface area contributed by atoms with E-state index in [-0.39, 0.29) is 6.04 Å². The van der Waals surface area contributed by atoms with Crippen LogP contribution in [0, 0.1) is 6.92 Å². The Bertz CT molecular complexity index is 569. The van der Waals surface area contributed by atoms with E-state index in [1.807, 2.05) is 24.3 Å². The summed E-state index contributed by atoms with van der Waals surface area (Å²) >= 11 is 5.23. The maximum absolute atomic E-state index is 5.79. The smallest absolute Gasteiger partial charge is 0.124 e. The summed E-state index contributed by atoms with van der Waals surface area (Å²) in [5.41, 5.74) is 5.10. The summed E-state index contributed by atoms with van der Waals surface area (Å²) in [6.45, 7) is 3.13. The Labute approximate surface area is 137 Å². The average Bonchev–Trinajstić information content (AvgIpc) is 2.81. The lowest BCUT2D eigenvalue weighted by Crippen LogP contribution is -2.28. The molecule has 2 rings (SSSR count). The lowest BCUT2D eigenvalue weighted by molar-refractivity contribution is 0.145. The predicted molar refractivity (Wildman–Crippen MR) is 89.7 cm³/mol. The van der Waals surface area contributed by atoms with Crippen molar-refractivity contribution in [3.63, 3.8) is 0 Å². The standard InChI is InChI=1S/C15H19BrN2O2S/c1-10-9-13(21-15(10)16)14(18-17)11-5-3-4-6-12(11)20-8-7-19-2/h3-6,9,14,18H,7-8,17H2,1-2H3. The van der Waals surface area contributed by atoms with Crippen LogP contribution in [0.5, 0.6) is 5.75 Å². The minimum absolute atomic E-state index is 0.0984. The fourth-order valence-corrected chi connectivity index (χ4v) is 3.69. The van der Waals surface area contributed by atoms with Gasteiger partial charge in [0.1, 0.15) is 12.4 Å². The number of hydrogen-bond donors (Lipinski definition) is 2. The lowest BCUT2D eigenvalue weighted by Gasteiger charge is -2.18. The SMILES string of the molecule is COCCOc1ccccc1C(NN)c1cc(C)c(Br)s1. The van der Waals surface area contributed by atoms with Crippen molar-refractivity contribution < 1.29 is 9.47 Å². The summed E-state index contributed by atoms with van der Waals surface area (Å²) < 4.78 is 11.9. The molecule has 0 aliphatic carbocycles. The first-order chi connectivity index (χ1) is 10.2. The quantitative estimate of drug-likeness (QED) is 0.445. The van der Waals surface area contributed by atoms with Gasteiger partial charge in [-0.15, -0.1) is 11.3 Å². The number of para-hydroxylation sites is 1. The van der Waals surface area contributed by atoms with Crippen molar-refractivity contribution in [1.29, 1.82) is 0 Å². The zero-order valence-corrected chi connectivity index (χ0v) is 14.5. The number of nitrogens with one attached hydrogen (secondary N) is 1. The number of hydrazine groups is 1. The van der Waals surface area contributed by atoms with Crippen molar-refractivity contribution in [2.45, 2.75) is 13.0 Å².